The maximum Gasteiger partial charge on any atom is 0.221 e. The molecule has 2 aromatic rings. The first-order valence-electron chi connectivity index (χ1n) is 10.6. The van der Waals surface area contributed by atoms with Crippen LogP contribution in [0.1, 0.15) is 46.5 Å². The Morgan fingerprint density at radius 1 is 1.00 bits per heavy atom. The van der Waals surface area contributed by atoms with Gasteiger partial charge in [-0.3, -0.25) is 4.79 Å². The Kier molecular flexibility index (Phi) is 9.84. The summed E-state index contributed by atoms with van der Waals surface area (Å²) in [6.45, 7) is 6.87. The molecule has 0 aliphatic rings. The fourth-order valence-corrected chi connectivity index (χ4v) is 2.95. The first-order valence-corrected chi connectivity index (χ1v) is 10.6. The van der Waals surface area contributed by atoms with Crippen molar-refractivity contribution in [2.45, 2.75) is 52.5 Å². The van der Waals surface area contributed by atoms with Crippen molar-refractivity contribution in [1.29, 1.82) is 0 Å². The van der Waals surface area contributed by atoms with Crippen LogP contribution in [-0.2, 0) is 4.79 Å². The van der Waals surface area contributed by atoms with E-state index in [9.17, 15) is 4.79 Å². The summed E-state index contributed by atoms with van der Waals surface area (Å²) in [4.78, 5) is 11.5. The SMILES string of the molecule is CCCCCCOc1cc(NC(C)COc2ccc(OC)cc2)ccc1NC(C)=O. The Hall–Kier alpha value is -2.89. The van der Waals surface area contributed by atoms with Crippen LogP contribution in [0.3, 0.4) is 0 Å². The summed E-state index contributed by atoms with van der Waals surface area (Å²) in [6.07, 6.45) is 4.53. The van der Waals surface area contributed by atoms with E-state index in [-0.39, 0.29) is 11.9 Å². The molecule has 1 atom stereocenters. The Morgan fingerprint density at radius 2 is 1.73 bits per heavy atom. The number of carbonyl (C=O) groups excluding carboxylic acids is 1. The van der Waals surface area contributed by atoms with Crippen molar-refractivity contribution in [2.75, 3.05) is 31.0 Å². The number of amides is 1. The molecule has 2 N–H and O–H groups in total. The summed E-state index contributed by atoms with van der Waals surface area (Å²) in [6, 6.07) is 13.3. The number of methoxy groups -OCH3 is 1. The molecule has 0 saturated carbocycles. The largest absolute Gasteiger partial charge is 0.497 e. The molecule has 164 valence electrons. The fourth-order valence-electron chi connectivity index (χ4n) is 2.95. The first kappa shape index (κ1) is 23.4. The predicted octanol–water partition coefficient (Wildman–Crippen LogP) is 5.49. The molecule has 2 rings (SSSR count). The minimum atomic E-state index is -0.118. The monoisotopic (exact) mass is 414 g/mol. The van der Waals surface area contributed by atoms with Crippen LogP contribution in [0.2, 0.25) is 0 Å². The molecule has 0 fully saturated rings. The van der Waals surface area contributed by atoms with Gasteiger partial charge in [-0.15, -0.1) is 0 Å². The van der Waals surface area contributed by atoms with Crippen molar-refractivity contribution in [3.05, 3.63) is 42.5 Å². The van der Waals surface area contributed by atoms with Crippen molar-refractivity contribution in [2.24, 2.45) is 0 Å². The van der Waals surface area contributed by atoms with Crippen LogP contribution in [0.4, 0.5) is 11.4 Å². The van der Waals surface area contributed by atoms with E-state index in [2.05, 4.69) is 24.5 Å². The molecule has 0 radical (unpaired) electrons. The lowest BCUT2D eigenvalue weighted by Crippen LogP contribution is -2.23. The van der Waals surface area contributed by atoms with E-state index in [4.69, 9.17) is 14.2 Å². The highest BCUT2D eigenvalue weighted by molar-refractivity contribution is 5.90. The zero-order valence-corrected chi connectivity index (χ0v) is 18.5. The van der Waals surface area contributed by atoms with Crippen LogP contribution in [0.25, 0.3) is 0 Å². The van der Waals surface area contributed by atoms with Gasteiger partial charge in [-0.25, -0.2) is 0 Å². The lowest BCUT2D eigenvalue weighted by atomic mass is 10.2. The number of ether oxygens (including phenoxy) is 3. The second-order valence-corrected chi connectivity index (χ2v) is 7.33. The van der Waals surface area contributed by atoms with Crippen molar-refractivity contribution >= 4 is 17.3 Å². The minimum absolute atomic E-state index is 0.0797. The van der Waals surface area contributed by atoms with Gasteiger partial charge in [0.2, 0.25) is 5.91 Å². The molecule has 30 heavy (non-hydrogen) atoms. The lowest BCUT2D eigenvalue weighted by molar-refractivity contribution is -0.114. The van der Waals surface area contributed by atoms with Crippen LogP contribution >= 0.6 is 0 Å². The van der Waals surface area contributed by atoms with E-state index in [0.717, 1.165) is 30.0 Å². The molecule has 6 heteroatoms. The number of nitrogens with one attached hydrogen (secondary N) is 2. The number of carbonyl (C=O) groups is 1. The van der Waals surface area contributed by atoms with Gasteiger partial charge in [-0.2, -0.15) is 0 Å². The van der Waals surface area contributed by atoms with Crippen molar-refractivity contribution in [3.63, 3.8) is 0 Å². The second kappa shape index (κ2) is 12.6. The van der Waals surface area contributed by atoms with E-state index < -0.39 is 0 Å². The first-order chi connectivity index (χ1) is 14.5. The van der Waals surface area contributed by atoms with Gasteiger partial charge in [0.1, 0.15) is 23.9 Å². The van der Waals surface area contributed by atoms with Crippen LogP contribution in [-0.4, -0.2) is 32.3 Å². The molecule has 0 aliphatic carbocycles. The lowest BCUT2D eigenvalue weighted by Gasteiger charge is -2.18. The number of rotatable bonds is 13. The number of anilines is 2. The summed E-state index contributed by atoms with van der Waals surface area (Å²) in [5.74, 6) is 2.15. The molecular formula is C24H34N2O4. The number of hydrogen-bond donors (Lipinski definition) is 2. The van der Waals surface area contributed by atoms with Crippen molar-refractivity contribution in [3.8, 4) is 17.2 Å². The highest BCUT2D eigenvalue weighted by atomic mass is 16.5. The number of unbranched alkanes of at least 4 members (excludes halogenated alkanes) is 3. The maximum atomic E-state index is 11.5. The average molecular weight is 415 g/mol. The molecule has 2 aromatic carbocycles. The topological polar surface area (TPSA) is 68.8 Å². The van der Waals surface area contributed by atoms with Crippen molar-refractivity contribution in [1.82, 2.24) is 0 Å². The molecule has 0 bridgehead atoms. The zero-order chi connectivity index (χ0) is 21.8. The highest BCUT2D eigenvalue weighted by Gasteiger charge is 2.10. The zero-order valence-electron chi connectivity index (χ0n) is 18.5. The van der Waals surface area contributed by atoms with Gasteiger partial charge in [0.05, 0.1) is 25.4 Å². The summed E-state index contributed by atoms with van der Waals surface area (Å²) in [5, 5.41) is 6.26. The molecule has 0 aromatic heterocycles. The van der Waals surface area contributed by atoms with Gasteiger partial charge in [0.15, 0.2) is 0 Å². The van der Waals surface area contributed by atoms with Gasteiger partial charge in [-0.1, -0.05) is 26.2 Å². The van der Waals surface area contributed by atoms with Crippen LogP contribution in [0, 0.1) is 0 Å². The summed E-state index contributed by atoms with van der Waals surface area (Å²) >= 11 is 0. The van der Waals surface area contributed by atoms with Crippen LogP contribution in [0.5, 0.6) is 17.2 Å². The third-order valence-electron chi connectivity index (χ3n) is 4.52. The maximum absolute atomic E-state index is 11.5. The van der Waals surface area contributed by atoms with E-state index in [1.54, 1.807) is 7.11 Å². The predicted molar refractivity (Wildman–Crippen MR) is 122 cm³/mol. The van der Waals surface area contributed by atoms with Crippen LogP contribution in [0.15, 0.2) is 42.5 Å². The van der Waals surface area contributed by atoms with Crippen molar-refractivity contribution < 1.29 is 19.0 Å². The Bertz CT molecular complexity index is 777. The molecule has 6 nitrogen and oxygen atoms in total. The number of hydrogen-bond acceptors (Lipinski definition) is 5. The molecule has 0 aliphatic heterocycles. The van der Waals surface area contributed by atoms with E-state index >= 15 is 0 Å². The summed E-state index contributed by atoms with van der Waals surface area (Å²) < 4.78 is 17.0. The average Bonchev–Trinajstić information content (AvgIpc) is 2.74. The molecule has 0 saturated heterocycles. The Balaban J connectivity index is 1.93. The second-order valence-electron chi connectivity index (χ2n) is 7.33. The smallest absolute Gasteiger partial charge is 0.221 e. The molecule has 1 amide bonds. The van der Waals surface area contributed by atoms with Crippen LogP contribution < -0.4 is 24.8 Å². The van der Waals surface area contributed by atoms with Gasteiger partial charge in [0.25, 0.3) is 0 Å². The van der Waals surface area contributed by atoms with Gasteiger partial charge >= 0.3 is 0 Å². The van der Waals surface area contributed by atoms with E-state index in [1.165, 1.54) is 19.8 Å². The number of benzene rings is 2. The van der Waals surface area contributed by atoms with Gasteiger partial charge < -0.3 is 24.8 Å². The van der Waals surface area contributed by atoms with Gasteiger partial charge in [-0.05, 0) is 49.7 Å². The third kappa shape index (κ3) is 8.23. The Labute approximate surface area is 179 Å². The Morgan fingerprint density at radius 3 is 2.40 bits per heavy atom. The third-order valence-corrected chi connectivity index (χ3v) is 4.52. The van der Waals surface area contributed by atoms with E-state index in [1.807, 2.05) is 42.5 Å². The fraction of sp³-hybridized carbons (Fsp3) is 0.458. The molecule has 0 spiro atoms. The highest BCUT2D eigenvalue weighted by Crippen LogP contribution is 2.29. The minimum Gasteiger partial charge on any atom is -0.497 e. The van der Waals surface area contributed by atoms with E-state index in [0.29, 0.717) is 24.7 Å². The molecule has 0 heterocycles. The summed E-state index contributed by atoms with van der Waals surface area (Å²) in [7, 11) is 1.64. The molecule has 1 unspecified atom stereocenters. The standard InChI is InChI=1S/C24H34N2O4/c1-5-6-7-8-15-29-24-16-20(9-14-23(24)26-19(3)27)25-18(2)17-30-22-12-10-21(28-4)11-13-22/h9-14,16,18,25H,5-8,15,17H2,1-4H3,(H,26,27). The molecular weight excluding hydrogens is 380 g/mol. The van der Waals surface area contributed by atoms with Gasteiger partial charge in [0, 0.05) is 18.7 Å². The normalized spacial score (nSPS) is 11.5. The summed E-state index contributed by atoms with van der Waals surface area (Å²) in [5.41, 5.74) is 1.60. The quantitative estimate of drug-likeness (QED) is 0.424.